The fraction of sp³-hybridized carbons (Fsp3) is 0.381. The molecule has 2 aliphatic rings. The molecule has 2 atom stereocenters. The molecule has 5 rings (SSSR count). The van der Waals surface area contributed by atoms with Crippen molar-refractivity contribution in [3.8, 4) is 11.5 Å². The van der Waals surface area contributed by atoms with Crippen LogP contribution in [0.1, 0.15) is 41.0 Å². The average Bonchev–Trinajstić information content (AvgIpc) is 3.54. The molecule has 33 heavy (non-hydrogen) atoms. The zero-order chi connectivity index (χ0) is 23.0. The van der Waals surface area contributed by atoms with Gasteiger partial charge in [0.05, 0.1) is 12.4 Å². The Morgan fingerprint density at radius 3 is 2.88 bits per heavy atom. The summed E-state index contributed by atoms with van der Waals surface area (Å²) in [6, 6.07) is 3.90. The molecule has 2 N–H and O–H groups in total. The average molecular weight is 462 g/mol. The van der Waals surface area contributed by atoms with Gasteiger partial charge in [0, 0.05) is 38.0 Å². The topological polar surface area (TPSA) is 95.2 Å². The fourth-order valence-corrected chi connectivity index (χ4v) is 4.01. The van der Waals surface area contributed by atoms with E-state index in [1.165, 1.54) is 6.07 Å². The largest absolute Gasteiger partial charge is 0.454 e. The number of carbonyl (C=O) groups excluding carboxylic acids is 1. The highest BCUT2D eigenvalue weighted by Crippen LogP contribution is 2.45. The number of carbonyl (C=O) groups is 1. The molecular weight excluding hydrogens is 441 g/mol. The third-order valence-electron chi connectivity index (χ3n) is 5.66. The lowest BCUT2D eigenvalue weighted by Gasteiger charge is -2.33. The first-order valence-corrected chi connectivity index (χ1v) is 10.4. The highest BCUT2D eigenvalue weighted by Gasteiger charge is 2.47. The molecule has 0 radical (unpaired) electrons. The molecule has 2 aromatic heterocycles. The van der Waals surface area contributed by atoms with E-state index in [0.29, 0.717) is 36.6 Å². The summed E-state index contributed by atoms with van der Waals surface area (Å²) in [5.41, 5.74) is 0.562. The summed E-state index contributed by atoms with van der Waals surface area (Å²) < 4.78 is 55.0. The van der Waals surface area contributed by atoms with E-state index in [-0.39, 0.29) is 24.7 Å². The second kappa shape index (κ2) is 8.34. The van der Waals surface area contributed by atoms with Crippen LogP contribution >= 0.6 is 0 Å². The van der Waals surface area contributed by atoms with Gasteiger partial charge in [-0.25, -0.2) is 9.67 Å². The van der Waals surface area contributed by atoms with Crippen molar-refractivity contribution in [3.63, 3.8) is 0 Å². The van der Waals surface area contributed by atoms with Gasteiger partial charge in [0.25, 0.3) is 5.91 Å². The summed E-state index contributed by atoms with van der Waals surface area (Å²) in [5, 5.41) is 9.76. The summed E-state index contributed by atoms with van der Waals surface area (Å²) >= 11 is 0. The van der Waals surface area contributed by atoms with E-state index in [9.17, 15) is 18.0 Å². The van der Waals surface area contributed by atoms with Crippen molar-refractivity contribution in [2.45, 2.75) is 37.6 Å². The first-order chi connectivity index (χ1) is 15.9. The molecule has 0 saturated carbocycles. The van der Waals surface area contributed by atoms with Crippen LogP contribution in [-0.2, 0) is 6.54 Å². The number of ether oxygens (including phenoxy) is 2. The SMILES string of the molecule is O=C(NCCCn1ccnc1)c1cc2n(n1)[C@H](C(F)(F)F)C[C@@H](c1ccc3c(c1)OCO3)N2. The van der Waals surface area contributed by atoms with E-state index >= 15 is 0 Å². The minimum absolute atomic E-state index is 0.0688. The van der Waals surface area contributed by atoms with E-state index in [4.69, 9.17) is 9.47 Å². The number of rotatable bonds is 6. The molecule has 0 aliphatic carbocycles. The molecule has 174 valence electrons. The quantitative estimate of drug-likeness (QED) is 0.546. The van der Waals surface area contributed by atoms with Crippen molar-refractivity contribution >= 4 is 11.7 Å². The van der Waals surface area contributed by atoms with Crippen molar-refractivity contribution in [3.05, 3.63) is 54.2 Å². The van der Waals surface area contributed by atoms with Crippen molar-refractivity contribution in [2.75, 3.05) is 18.7 Å². The zero-order valence-electron chi connectivity index (χ0n) is 17.4. The Kier molecular flexibility index (Phi) is 5.35. The molecule has 12 heteroatoms. The lowest BCUT2D eigenvalue weighted by molar-refractivity contribution is -0.173. The number of halogens is 3. The second-order valence-electron chi connectivity index (χ2n) is 7.87. The van der Waals surface area contributed by atoms with Crippen LogP contribution in [0.2, 0.25) is 0 Å². The van der Waals surface area contributed by atoms with E-state index in [2.05, 4.69) is 20.7 Å². The molecule has 0 bridgehead atoms. The summed E-state index contributed by atoms with van der Waals surface area (Å²) in [6.07, 6.45) is 0.982. The van der Waals surface area contributed by atoms with Crippen molar-refractivity contribution in [1.29, 1.82) is 0 Å². The Morgan fingerprint density at radius 1 is 1.24 bits per heavy atom. The maximum absolute atomic E-state index is 13.9. The summed E-state index contributed by atoms with van der Waals surface area (Å²) in [5.74, 6) is 0.659. The van der Waals surface area contributed by atoms with Gasteiger partial charge < -0.3 is 24.7 Å². The van der Waals surface area contributed by atoms with Crippen LogP contribution < -0.4 is 20.1 Å². The molecule has 9 nitrogen and oxygen atoms in total. The number of imidazole rings is 1. The van der Waals surface area contributed by atoms with Gasteiger partial charge in [-0.05, 0) is 24.1 Å². The smallest absolute Gasteiger partial charge is 0.410 e. The molecule has 0 fully saturated rings. The molecular formula is C21H21F3N6O3. The lowest BCUT2D eigenvalue weighted by atomic mass is 9.96. The van der Waals surface area contributed by atoms with Crippen molar-refractivity contribution < 1.29 is 27.4 Å². The Hall–Kier alpha value is -3.70. The van der Waals surface area contributed by atoms with E-state index in [0.717, 1.165) is 4.68 Å². The number of alkyl halides is 3. The number of aromatic nitrogens is 4. The molecule has 0 saturated heterocycles. The summed E-state index contributed by atoms with van der Waals surface area (Å²) in [6.45, 7) is 1.10. The number of nitrogens with one attached hydrogen (secondary N) is 2. The van der Waals surface area contributed by atoms with Crippen LogP contribution in [0.3, 0.4) is 0 Å². The van der Waals surface area contributed by atoms with Crippen LogP contribution in [0.4, 0.5) is 19.0 Å². The van der Waals surface area contributed by atoms with Gasteiger partial charge in [0.15, 0.2) is 23.2 Å². The minimum Gasteiger partial charge on any atom is -0.454 e. The van der Waals surface area contributed by atoms with Gasteiger partial charge in [-0.1, -0.05) is 6.07 Å². The molecule has 2 aliphatic heterocycles. The van der Waals surface area contributed by atoms with Crippen LogP contribution in [0.15, 0.2) is 43.0 Å². The molecule has 0 spiro atoms. The van der Waals surface area contributed by atoms with Gasteiger partial charge in [-0.3, -0.25) is 4.79 Å². The fourth-order valence-electron chi connectivity index (χ4n) is 4.01. The van der Waals surface area contributed by atoms with E-state index in [1.807, 2.05) is 10.8 Å². The molecule has 1 aromatic carbocycles. The maximum Gasteiger partial charge on any atom is 0.410 e. The van der Waals surface area contributed by atoms with Gasteiger partial charge in [-0.2, -0.15) is 18.3 Å². The first kappa shape index (κ1) is 21.2. The van der Waals surface area contributed by atoms with Gasteiger partial charge in [0.1, 0.15) is 5.82 Å². The van der Waals surface area contributed by atoms with Crippen LogP contribution in [0.5, 0.6) is 11.5 Å². The number of hydrogen-bond donors (Lipinski definition) is 2. The third-order valence-corrected chi connectivity index (χ3v) is 5.66. The minimum atomic E-state index is -4.53. The van der Waals surface area contributed by atoms with Crippen LogP contribution in [0, 0.1) is 0 Å². The summed E-state index contributed by atoms with van der Waals surface area (Å²) in [4.78, 5) is 16.5. The Labute approximate surface area is 186 Å². The third kappa shape index (κ3) is 4.32. The number of hydrogen-bond acceptors (Lipinski definition) is 6. The van der Waals surface area contributed by atoms with Crippen molar-refractivity contribution in [1.82, 2.24) is 24.6 Å². The zero-order valence-corrected chi connectivity index (χ0v) is 17.4. The van der Waals surface area contributed by atoms with Gasteiger partial charge in [0.2, 0.25) is 6.79 Å². The molecule has 1 amide bonds. The number of benzene rings is 1. The Morgan fingerprint density at radius 2 is 2.09 bits per heavy atom. The maximum atomic E-state index is 13.9. The second-order valence-corrected chi connectivity index (χ2v) is 7.87. The molecule has 3 aromatic rings. The number of aryl methyl sites for hydroxylation is 1. The van der Waals surface area contributed by atoms with E-state index in [1.54, 1.807) is 30.7 Å². The highest BCUT2D eigenvalue weighted by atomic mass is 19.4. The number of fused-ring (bicyclic) bond motifs is 2. The van der Waals surface area contributed by atoms with Crippen LogP contribution in [-0.4, -0.2) is 44.8 Å². The number of anilines is 1. The normalized spacial score (nSPS) is 19.1. The summed E-state index contributed by atoms with van der Waals surface area (Å²) in [7, 11) is 0. The number of amides is 1. The van der Waals surface area contributed by atoms with E-state index < -0.39 is 24.2 Å². The Bertz CT molecular complexity index is 1140. The predicted molar refractivity (Wildman–Crippen MR) is 110 cm³/mol. The molecule has 0 unspecified atom stereocenters. The standard InChI is InChI=1S/C21H21F3N6O3/c22-21(23,24)18-9-14(13-2-3-16-17(8-13)33-12-32-16)27-19-10-15(28-30(18)19)20(31)26-4-1-6-29-7-5-25-11-29/h2-3,5,7-8,10-11,14,18,27H,1,4,6,9,12H2,(H,26,31)/t14-,18-/m0/s1. The predicted octanol–water partition coefficient (Wildman–Crippen LogP) is 3.29. The molecule has 4 heterocycles. The van der Waals surface area contributed by atoms with Gasteiger partial charge in [-0.15, -0.1) is 0 Å². The van der Waals surface area contributed by atoms with Crippen molar-refractivity contribution in [2.24, 2.45) is 0 Å². The van der Waals surface area contributed by atoms with Gasteiger partial charge >= 0.3 is 6.18 Å². The van der Waals surface area contributed by atoms with Crippen LogP contribution in [0.25, 0.3) is 0 Å². The highest BCUT2D eigenvalue weighted by molar-refractivity contribution is 5.93. The first-order valence-electron chi connectivity index (χ1n) is 10.4. The lowest BCUT2D eigenvalue weighted by Crippen LogP contribution is -2.35. The Balaban J connectivity index is 1.31. The number of nitrogens with zero attached hydrogens (tertiary/aromatic N) is 4. The monoisotopic (exact) mass is 462 g/mol.